The van der Waals surface area contributed by atoms with Crippen molar-refractivity contribution in [3.05, 3.63) is 82.7 Å². The maximum absolute atomic E-state index is 11.0. The molecule has 2 aromatic carbocycles. The number of halogens is 1. The Balaban J connectivity index is 0.00000341. The van der Waals surface area contributed by atoms with E-state index in [1.165, 1.54) is 11.6 Å². The van der Waals surface area contributed by atoms with E-state index in [0.29, 0.717) is 24.7 Å². The van der Waals surface area contributed by atoms with Gasteiger partial charge in [-0.05, 0) is 36.2 Å². The molecule has 0 radical (unpaired) electrons. The molecule has 3 rings (SSSR count). The van der Waals surface area contributed by atoms with Gasteiger partial charge in [-0.2, -0.15) is 5.10 Å². The summed E-state index contributed by atoms with van der Waals surface area (Å²) in [5.41, 5.74) is 2.82. The Hall–Kier alpha value is -3.15. The van der Waals surface area contributed by atoms with E-state index >= 15 is 0 Å². The van der Waals surface area contributed by atoms with E-state index in [4.69, 9.17) is 0 Å². The van der Waals surface area contributed by atoms with Gasteiger partial charge in [-0.3, -0.25) is 15.1 Å². The van der Waals surface area contributed by atoms with E-state index in [-0.39, 0.29) is 29.7 Å². The highest BCUT2D eigenvalue weighted by atomic mass is 127. The molecule has 164 valence electrons. The number of nitrogens with one attached hydrogen (secondary N) is 3. The number of nitro benzene ring substituents is 1. The fourth-order valence-corrected chi connectivity index (χ4v) is 2.94. The summed E-state index contributed by atoms with van der Waals surface area (Å²) >= 11 is 0. The molecule has 0 amide bonds. The van der Waals surface area contributed by atoms with Crippen molar-refractivity contribution < 1.29 is 4.92 Å². The highest BCUT2D eigenvalue weighted by molar-refractivity contribution is 14.0. The second-order valence-corrected chi connectivity index (χ2v) is 6.49. The number of guanidine groups is 1. The van der Waals surface area contributed by atoms with Gasteiger partial charge in [-0.1, -0.05) is 24.3 Å². The van der Waals surface area contributed by atoms with Gasteiger partial charge >= 0.3 is 0 Å². The Labute approximate surface area is 198 Å². The smallest absolute Gasteiger partial charge is 0.292 e. The van der Waals surface area contributed by atoms with Crippen molar-refractivity contribution in [3.8, 4) is 5.69 Å². The minimum atomic E-state index is -0.391. The maximum atomic E-state index is 11.0. The van der Waals surface area contributed by atoms with Crippen molar-refractivity contribution >= 4 is 41.3 Å². The zero-order valence-electron chi connectivity index (χ0n) is 17.2. The summed E-state index contributed by atoms with van der Waals surface area (Å²) in [5, 5.41) is 24.8. The number of hydrogen-bond acceptors (Lipinski definition) is 5. The van der Waals surface area contributed by atoms with Crippen LogP contribution in [-0.4, -0.2) is 47.3 Å². The van der Waals surface area contributed by atoms with E-state index in [2.05, 4.69) is 38.2 Å². The number of aliphatic imine (C=N–C) groups is 1. The molecule has 0 aliphatic heterocycles. The molecule has 0 bridgehead atoms. The van der Waals surface area contributed by atoms with Gasteiger partial charge in [0.05, 0.1) is 10.6 Å². The van der Waals surface area contributed by atoms with Crippen LogP contribution < -0.4 is 16.0 Å². The topological polar surface area (TPSA) is 109 Å². The molecular weight excluding hydrogens is 509 g/mol. The Kier molecular flexibility index (Phi) is 9.75. The molecular formula is C21H26IN7O2. The zero-order chi connectivity index (χ0) is 21.2. The second-order valence-electron chi connectivity index (χ2n) is 6.49. The van der Waals surface area contributed by atoms with Gasteiger partial charge in [0.1, 0.15) is 5.69 Å². The fraction of sp³-hybridized carbons (Fsp3) is 0.238. The summed E-state index contributed by atoms with van der Waals surface area (Å²) in [6.45, 7) is 1.84. The van der Waals surface area contributed by atoms with Gasteiger partial charge in [-0.15, -0.1) is 24.0 Å². The van der Waals surface area contributed by atoms with Gasteiger partial charge in [-0.25, -0.2) is 4.68 Å². The average molecular weight is 535 g/mol. The van der Waals surface area contributed by atoms with Gasteiger partial charge in [0, 0.05) is 45.1 Å². The molecule has 0 spiro atoms. The van der Waals surface area contributed by atoms with Gasteiger partial charge in [0.25, 0.3) is 5.69 Å². The summed E-state index contributed by atoms with van der Waals surface area (Å²) in [7, 11) is 1.71. The number of nitro groups is 1. The lowest BCUT2D eigenvalue weighted by atomic mass is 10.1. The molecule has 0 aliphatic rings. The van der Waals surface area contributed by atoms with Crippen molar-refractivity contribution in [1.82, 2.24) is 20.4 Å². The molecule has 31 heavy (non-hydrogen) atoms. The third-order valence-electron chi connectivity index (χ3n) is 4.47. The summed E-state index contributed by atoms with van der Waals surface area (Å²) in [4.78, 5) is 14.9. The molecule has 1 aromatic heterocycles. The van der Waals surface area contributed by atoms with Crippen LogP contribution in [-0.2, 0) is 6.42 Å². The number of aromatic nitrogens is 2. The number of benzene rings is 2. The Morgan fingerprint density at radius 2 is 1.81 bits per heavy atom. The molecule has 10 heteroatoms. The van der Waals surface area contributed by atoms with E-state index < -0.39 is 4.92 Å². The van der Waals surface area contributed by atoms with Crippen molar-refractivity contribution in [1.29, 1.82) is 0 Å². The average Bonchev–Trinajstić information content (AvgIpc) is 3.31. The molecule has 9 nitrogen and oxygen atoms in total. The molecule has 3 aromatic rings. The Morgan fingerprint density at radius 1 is 1.06 bits per heavy atom. The summed E-state index contributed by atoms with van der Waals surface area (Å²) in [6, 6.07) is 16.8. The van der Waals surface area contributed by atoms with E-state index in [0.717, 1.165) is 18.7 Å². The van der Waals surface area contributed by atoms with Crippen LogP contribution in [0.2, 0.25) is 0 Å². The Morgan fingerprint density at radius 3 is 2.48 bits per heavy atom. The summed E-state index contributed by atoms with van der Waals surface area (Å²) < 4.78 is 1.83. The quantitative estimate of drug-likeness (QED) is 0.0970. The first-order chi connectivity index (χ1) is 14.7. The summed E-state index contributed by atoms with van der Waals surface area (Å²) in [6.07, 6.45) is 4.53. The van der Waals surface area contributed by atoms with Crippen LogP contribution in [0.5, 0.6) is 0 Å². The minimum Gasteiger partial charge on any atom is -0.378 e. The SMILES string of the molecule is CN=C(NCCNc1ccccc1[N+](=O)[O-])NCCc1ccc(-n2cccn2)cc1.I. The first kappa shape index (κ1) is 24.1. The lowest BCUT2D eigenvalue weighted by Gasteiger charge is -2.13. The lowest BCUT2D eigenvalue weighted by molar-refractivity contribution is -0.384. The number of hydrogen-bond donors (Lipinski definition) is 3. The Bertz CT molecular complexity index is 976. The van der Waals surface area contributed by atoms with E-state index in [1.54, 1.807) is 31.4 Å². The molecule has 3 N–H and O–H groups in total. The highest BCUT2D eigenvalue weighted by Crippen LogP contribution is 2.22. The van der Waals surface area contributed by atoms with Crippen molar-refractivity contribution in [2.75, 3.05) is 32.0 Å². The predicted octanol–water partition coefficient (Wildman–Crippen LogP) is 3.22. The van der Waals surface area contributed by atoms with Gasteiger partial charge in [0.2, 0.25) is 0 Å². The molecule has 0 saturated carbocycles. The van der Waals surface area contributed by atoms with Crippen LogP contribution >= 0.6 is 24.0 Å². The number of nitrogens with zero attached hydrogens (tertiary/aromatic N) is 4. The van der Waals surface area contributed by atoms with Gasteiger partial charge < -0.3 is 16.0 Å². The van der Waals surface area contributed by atoms with Crippen LogP contribution in [0.15, 0.2) is 72.0 Å². The van der Waals surface area contributed by atoms with Crippen LogP contribution in [0.25, 0.3) is 5.69 Å². The standard InChI is InChI=1S/C21H25N7O2.HI/c1-22-21(25-15-14-23-19-5-2-3-6-20(19)28(29)30)24-13-11-17-7-9-18(10-8-17)27-16-4-12-26-27;/h2-10,12,16,23H,11,13-15H2,1H3,(H2,22,24,25);1H. The van der Waals surface area contributed by atoms with Crippen LogP contribution in [0.1, 0.15) is 5.56 Å². The zero-order valence-corrected chi connectivity index (χ0v) is 19.5. The largest absolute Gasteiger partial charge is 0.378 e. The van der Waals surface area contributed by atoms with Gasteiger partial charge in [0.15, 0.2) is 5.96 Å². The monoisotopic (exact) mass is 535 g/mol. The summed E-state index contributed by atoms with van der Waals surface area (Å²) in [5.74, 6) is 0.688. The molecule has 0 unspecified atom stereocenters. The molecule has 0 aliphatic carbocycles. The normalized spacial score (nSPS) is 10.8. The fourth-order valence-electron chi connectivity index (χ4n) is 2.94. The van der Waals surface area contributed by atoms with E-state index in [9.17, 15) is 10.1 Å². The van der Waals surface area contributed by atoms with Crippen molar-refractivity contribution in [2.45, 2.75) is 6.42 Å². The first-order valence-corrected chi connectivity index (χ1v) is 9.68. The molecule has 0 fully saturated rings. The first-order valence-electron chi connectivity index (χ1n) is 9.68. The third kappa shape index (κ3) is 7.24. The predicted molar refractivity (Wildman–Crippen MR) is 134 cm³/mol. The molecule has 0 atom stereocenters. The highest BCUT2D eigenvalue weighted by Gasteiger charge is 2.11. The molecule has 1 heterocycles. The maximum Gasteiger partial charge on any atom is 0.292 e. The van der Waals surface area contributed by atoms with Crippen molar-refractivity contribution in [3.63, 3.8) is 0 Å². The van der Waals surface area contributed by atoms with Crippen LogP contribution in [0.3, 0.4) is 0 Å². The number of rotatable bonds is 9. The number of para-hydroxylation sites is 2. The van der Waals surface area contributed by atoms with Crippen LogP contribution in [0.4, 0.5) is 11.4 Å². The minimum absolute atomic E-state index is 0. The molecule has 0 saturated heterocycles. The lowest BCUT2D eigenvalue weighted by Crippen LogP contribution is -2.40. The number of anilines is 1. The third-order valence-corrected chi connectivity index (χ3v) is 4.47. The van der Waals surface area contributed by atoms with Crippen molar-refractivity contribution in [2.24, 2.45) is 4.99 Å². The second kappa shape index (κ2) is 12.5. The van der Waals surface area contributed by atoms with E-state index in [1.807, 2.05) is 29.1 Å². The van der Waals surface area contributed by atoms with Crippen LogP contribution in [0, 0.1) is 10.1 Å².